The lowest BCUT2D eigenvalue weighted by Gasteiger charge is -2.54. The molecule has 2 bridgehead atoms. The average molecular weight is 310 g/mol. The van der Waals surface area contributed by atoms with Crippen molar-refractivity contribution in [3.8, 4) is 0 Å². The number of fused-ring (bicyclic) bond motifs is 2. The van der Waals surface area contributed by atoms with Crippen LogP contribution in [0.4, 0.5) is 0 Å². The zero-order valence-electron chi connectivity index (χ0n) is 14.1. The van der Waals surface area contributed by atoms with Crippen molar-refractivity contribution in [2.45, 2.75) is 46.8 Å². The van der Waals surface area contributed by atoms with E-state index in [9.17, 15) is 9.59 Å². The number of hydrogen-bond acceptors (Lipinski definition) is 4. The normalized spacial score (nSPS) is 34.4. The number of carbonyl (C=O) groups is 2. The molecule has 3 aliphatic carbocycles. The number of allylic oxidation sites excluding steroid dienone is 2. The van der Waals surface area contributed by atoms with Gasteiger partial charge in [-0.05, 0) is 39.1 Å². The summed E-state index contributed by atoms with van der Waals surface area (Å²) in [6, 6.07) is 0. The second-order valence-electron chi connectivity index (χ2n) is 7.96. The monoisotopic (exact) mass is 310 g/mol. The minimum Gasteiger partial charge on any atom is -0.547 e. The van der Waals surface area contributed by atoms with Crippen LogP contribution in [-0.2, 0) is 18.8 Å². The van der Waals surface area contributed by atoms with Crippen LogP contribution in [0.25, 0.3) is 0 Å². The summed E-state index contributed by atoms with van der Waals surface area (Å²) >= 11 is 0. The number of rotatable bonds is 3. The Morgan fingerprint density at radius 1 is 1.29 bits per heavy atom. The van der Waals surface area contributed by atoms with Gasteiger partial charge in [0, 0.05) is 11.3 Å². The first-order valence-electron chi connectivity index (χ1n) is 7.48. The summed E-state index contributed by atoms with van der Waals surface area (Å²) in [6.45, 7) is 12.2. The van der Waals surface area contributed by atoms with E-state index in [1.54, 1.807) is 0 Å². The standard InChI is InChI=1S/C16H26O4Si/c1-15(2)10-8-11(13(17)19-4)16(3,14(15)18)9-12(10)20-21(5,6)7/h9-11H,8H2,1-7H3/t10-,11+,16-/m0/s1. The molecule has 0 spiro atoms. The first-order valence-corrected chi connectivity index (χ1v) is 10.9. The Hall–Kier alpha value is -1.10. The molecule has 3 atom stereocenters. The van der Waals surface area contributed by atoms with Gasteiger partial charge >= 0.3 is 5.97 Å². The highest BCUT2D eigenvalue weighted by atomic mass is 28.4. The van der Waals surface area contributed by atoms with E-state index < -0.39 is 25.1 Å². The Bertz CT molecular complexity index is 515. The van der Waals surface area contributed by atoms with Crippen molar-refractivity contribution >= 4 is 20.1 Å². The van der Waals surface area contributed by atoms with E-state index in [0.717, 1.165) is 5.76 Å². The minimum absolute atomic E-state index is 0.0392. The molecule has 0 heterocycles. The number of ether oxygens (including phenoxy) is 1. The van der Waals surface area contributed by atoms with Crippen LogP contribution in [0.15, 0.2) is 11.8 Å². The summed E-state index contributed by atoms with van der Waals surface area (Å²) in [4.78, 5) is 25.0. The van der Waals surface area contributed by atoms with E-state index in [0.29, 0.717) is 6.42 Å². The zero-order chi connectivity index (χ0) is 16.2. The van der Waals surface area contributed by atoms with E-state index in [-0.39, 0.29) is 17.7 Å². The molecule has 5 heteroatoms. The van der Waals surface area contributed by atoms with E-state index in [1.165, 1.54) is 7.11 Å². The summed E-state index contributed by atoms with van der Waals surface area (Å²) in [5, 5.41) is 0. The van der Waals surface area contributed by atoms with Gasteiger partial charge in [-0.15, -0.1) is 0 Å². The quantitative estimate of drug-likeness (QED) is 0.593. The fraction of sp³-hybridized carbons (Fsp3) is 0.750. The lowest BCUT2D eigenvalue weighted by atomic mass is 9.49. The SMILES string of the molecule is COC(=O)[C@H]1C[C@H]2C(O[Si](C)(C)C)=C[C@]1(C)C(=O)C2(C)C. The fourth-order valence-electron chi connectivity index (χ4n) is 3.76. The molecule has 0 N–H and O–H groups in total. The molecule has 3 rings (SSSR count). The molecule has 1 fully saturated rings. The molecular formula is C16H26O4Si. The molecule has 4 nitrogen and oxygen atoms in total. The predicted octanol–water partition coefficient (Wildman–Crippen LogP) is 3.15. The highest BCUT2D eigenvalue weighted by molar-refractivity contribution is 6.70. The summed E-state index contributed by atoms with van der Waals surface area (Å²) in [6.07, 6.45) is 2.52. The largest absolute Gasteiger partial charge is 0.547 e. The topological polar surface area (TPSA) is 52.6 Å². The molecule has 1 saturated carbocycles. The van der Waals surface area contributed by atoms with Crippen molar-refractivity contribution in [2.24, 2.45) is 22.7 Å². The van der Waals surface area contributed by atoms with Gasteiger partial charge in [0.2, 0.25) is 8.32 Å². The van der Waals surface area contributed by atoms with Crippen LogP contribution >= 0.6 is 0 Å². The smallest absolute Gasteiger partial charge is 0.310 e. The molecule has 0 amide bonds. The van der Waals surface area contributed by atoms with E-state index in [1.807, 2.05) is 26.8 Å². The number of carbonyl (C=O) groups excluding carboxylic acids is 2. The van der Waals surface area contributed by atoms with Gasteiger partial charge in [-0.25, -0.2) is 0 Å². The lowest BCUT2D eigenvalue weighted by molar-refractivity contribution is -0.165. The van der Waals surface area contributed by atoms with Gasteiger partial charge in [-0.2, -0.15) is 0 Å². The maximum atomic E-state index is 12.9. The average Bonchev–Trinajstić information content (AvgIpc) is 2.33. The third-order valence-corrected chi connectivity index (χ3v) is 5.68. The second kappa shape index (κ2) is 4.70. The van der Waals surface area contributed by atoms with Crippen LogP contribution in [0.1, 0.15) is 27.2 Å². The van der Waals surface area contributed by atoms with E-state index in [4.69, 9.17) is 9.16 Å². The number of hydrogen-bond donors (Lipinski definition) is 0. The number of Topliss-reactive ketones (excluding diaryl/α,β-unsaturated/α-hetero) is 1. The van der Waals surface area contributed by atoms with Crippen LogP contribution in [0, 0.1) is 22.7 Å². The summed E-state index contributed by atoms with van der Waals surface area (Å²) in [5.41, 5.74) is -1.32. The Balaban J connectivity index is 2.50. The van der Waals surface area contributed by atoms with Crippen molar-refractivity contribution in [1.29, 1.82) is 0 Å². The van der Waals surface area contributed by atoms with Crippen molar-refractivity contribution in [2.75, 3.05) is 7.11 Å². The Kier molecular flexibility index (Phi) is 3.64. The van der Waals surface area contributed by atoms with Gasteiger partial charge in [0.05, 0.1) is 24.2 Å². The van der Waals surface area contributed by atoms with Gasteiger partial charge in [-0.1, -0.05) is 13.8 Å². The molecule has 0 aromatic heterocycles. The number of esters is 1. The first kappa shape index (κ1) is 16.3. The van der Waals surface area contributed by atoms with Crippen LogP contribution in [-0.4, -0.2) is 27.2 Å². The van der Waals surface area contributed by atoms with Crippen LogP contribution in [0.5, 0.6) is 0 Å². The van der Waals surface area contributed by atoms with Crippen molar-refractivity contribution in [3.63, 3.8) is 0 Å². The van der Waals surface area contributed by atoms with E-state index in [2.05, 4.69) is 19.6 Å². The molecule has 0 aromatic rings. The molecule has 3 aliphatic rings. The molecule has 0 aliphatic heterocycles. The van der Waals surface area contributed by atoms with Crippen molar-refractivity contribution < 1.29 is 18.8 Å². The van der Waals surface area contributed by atoms with Gasteiger partial charge in [-0.3, -0.25) is 9.59 Å². The molecule has 0 aromatic carbocycles. The van der Waals surface area contributed by atoms with Gasteiger partial charge < -0.3 is 9.16 Å². The Labute approximate surface area is 128 Å². The summed E-state index contributed by atoms with van der Waals surface area (Å²) in [5.74, 6) is 0.283. The highest BCUT2D eigenvalue weighted by Gasteiger charge is 2.62. The molecule has 21 heavy (non-hydrogen) atoms. The Morgan fingerprint density at radius 2 is 1.86 bits per heavy atom. The third-order valence-electron chi connectivity index (χ3n) is 4.84. The second-order valence-corrected chi connectivity index (χ2v) is 12.4. The highest BCUT2D eigenvalue weighted by Crippen LogP contribution is 2.58. The maximum Gasteiger partial charge on any atom is 0.310 e. The van der Waals surface area contributed by atoms with Gasteiger partial charge in [0.1, 0.15) is 5.78 Å². The number of methoxy groups -OCH3 is 1. The number of ketones is 1. The lowest BCUT2D eigenvalue weighted by Crippen LogP contribution is -2.58. The molecule has 118 valence electrons. The maximum absolute atomic E-state index is 12.9. The van der Waals surface area contributed by atoms with Crippen LogP contribution < -0.4 is 0 Å². The van der Waals surface area contributed by atoms with Gasteiger partial charge in [0.25, 0.3) is 0 Å². The first-order chi connectivity index (χ1) is 9.43. The summed E-state index contributed by atoms with van der Waals surface area (Å²) in [7, 11) is -0.371. The third kappa shape index (κ3) is 2.45. The minimum atomic E-state index is -1.75. The van der Waals surface area contributed by atoms with Crippen LogP contribution in [0.3, 0.4) is 0 Å². The fourth-order valence-corrected chi connectivity index (χ4v) is 4.67. The summed E-state index contributed by atoms with van der Waals surface area (Å²) < 4.78 is 11.1. The van der Waals surface area contributed by atoms with E-state index >= 15 is 0 Å². The molecular weight excluding hydrogens is 284 g/mol. The molecule has 0 radical (unpaired) electrons. The molecule has 0 unspecified atom stereocenters. The predicted molar refractivity (Wildman–Crippen MR) is 83.0 cm³/mol. The zero-order valence-corrected chi connectivity index (χ0v) is 15.1. The Morgan fingerprint density at radius 3 is 2.33 bits per heavy atom. The van der Waals surface area contributed by atoms with Crippen molar-refractivity contribution in [1.82, 2.24) is 0 Å². The van der Waals surface area contributed by atoms with Crippen molar-refractivity contribution in [3.05, 3.63) is 11.8 Å². The molecule has 0 saturated heterocycles. The van der Waals surface area contributed by atoms with Crippen LogP contribution in [0.2, 0.25) is 19.6 Å². The van der Waals surface area contributed by atoms with Gasteiger partial charge in [0.15, 0.2) is 0 Å².